The molecule has 138 heavy (non-hydrogen) atoms. The number of piperidine rings is 2. The van der Waals surface area contributed by atoms with Crippen LogP contribution >= 0.6 is 0 Å². The van der Waals surface area contributed by atoms with Gasteiger partial charge in [-0.25, -0.2) is 14.8 Å². The van der Waals surface area contributed by atoms with Gasteiger partial charge in [0.15, 0.2) is 18.2 Å². The first-order chi connectivity index (χ1) is 65.7. The highest BCUT2D eigenvalue weighted by Gasteiger charge is 2.49. The second-order valence-electron chi connectivity index (χ2n) is 33.4. The van der Waals surface area contributed by atoms with E-state index in [-0.39, 0.29) is 105 Å². The number of carboxylic acids is 1. The van der Waals surface area contributed by atoms with Gasteiger partial charge in [0.2, 0.25) is 41.4 Å². The molecule has 4 atom stereocenters. The molecule has 40 heteroatoms. The van der Waals surface area contributed by atoms with E-state index < -0.39 is 77.8 Å². The second kappa shape index (κ2) is 53.6. The van der Waals surface area contributed by atoms with Gasteiger partial charge in [0.05, 0.1) is 118 Å². The quantitative estimate of drug-likeness (QED) is 0.0127. The van der Waals surface area contributed by atoms with Crippen molar-refractivity contribution in [2.24, 2.45) is 0 Å². The van der Waals surface area contributed by atoms with Gasteiger partial charge in [0, 0.05) is 90.6 Å². The van der Waals surface area contributed by atoms with Gasteiger partial charge >= 0.3 is 5.97 Å². The van der Waals surface area contributed by atoms with Gasteiger partial charge in [-0.15, -0.1) is 0 Å². The molecule has 4 fully saturated rings. The zero-order valence-corrected chi connectivity index (χ0v) is 78.1. The molecule has 0 spiro atoms. The third kappa shape index (κ3) is 28.1. The van der Waals surface area contributed by atoms with Gasteiger partial charge in [-0.3, -0.25) is 82.8 Å². The number of likely N-dealkylation sites (N-methyl/N-ethyl adjacent to an activating group) is 2. The van der Waals surface area contributed by atoms with Gasteiger partial charge in [-0.1, -0.05) is 72.1 Å². The van der Waals surface area contributed by atoms with Crippen LogP contribution in [-0.4, -0.2) is 289 Å². The molecule has 6 aromatic rings. The molecule has 2 saturated heterocycles. The average molecular weight is 1920 g/mol. The highest BCUT2D eigenvalue weighted by Crippen LogP contribution is 2.44. The molecule has 0 radical (unpaired) electrons. The summed E-state index contributed by atoms with van der Waals surface area (Å²) in [6, 6.07) is 25.0. The number of aromatic carboxylic acids is 1. The summed E-state index contributed by atoms with van der Waals surface area (Å²) in [5, 5.41) is 36.9. The van der Waals surface area contributed by atoms with Gasteiger partial charge in [0.1, 0.15) is 59.7 Å². The second-order valence-corrected chi connectivity index (χ2v) is 33.4. The van der Waals surface area contributed by atoms with E-state index in [1.807, 2.05) is 38.1 Å². The van der Waals surface area contributed by atoms with Crippen LogP contribution in [0.3, 0.4) is 0 Å². The maximum absolute atomic E-state index is 13.0. The number of aromatic nitrogens is 2. The Morgan fingerprint density at radius 3 is 1.30 bits per heavy atom. The van der Waals surface area contributed by atoms with E-state index in [1.165, 1.54) is 37.4 Å². The van der Waals surface area contributed by atoms with Gasteiger partial charge < -0.3 is 99.0 Å². The Morgan fingerprint density at radius 2 is 0.877 bits per heavy atom. The fourth-order valence-electron chi connectivity index (χ4n) is 17.0. The molecule has 2 aromatic heterocycles. The minimum absolute atomic E-state index is 0. The summed E-state index contributed by atoms with van der Waals surface area (Å²) in [6.07, 6.45) is 13.3. The highest BCUT2D eigenvalue weighted by atomic mass is 16.6. The number of fused-ring (bicyclic) bond motifs is 4. The van der Waals surface area contributed by atoms with Gasteiger partial charge in [0.25, 0.3) is 35.4 Å². The first-order valence-electron chi connectivity index (χ1n) is 46.1. The summed E-state index contributed by atoms with van der Waals surface area (Å²) in [6.45, 7) is 14.2. The van der Waals surface area contributed by atoms with Crippen LogP contribution in [0, 0.1) is 6.92 Å². The SMILES string of the molecule is C.C.CCCCOCCOCCOCCCNC(=O)COc1cccc2c1C(=O)N(C1CCC(=O)NC1=O)C2=O.COc1cc(C(=O)NCCCOCCOCCOCCCNC(=O)CO)ccc1Nc1ccc2c(n1)N(C1CCCC1)[C@H](C)C(=O)N2C.COc1cc(C(=O)O)ccc1Nc1ccc2c(n1)N(C1CCCC1)[C@@H](C)C(=O)N2C.Cc1cccc2c1C(=O)N(C1CCC(=O)NC1=O)C2=O. The van der Waals surface area contributed by atoms with E-state index in [2.05, 4.69) is 53.9 Å². The van der Waals surface area contributed by atoms with Crippen LogP contribution < -0.4 is 71.0 Å². The van der Waals surface area contributed by atoms with Crippen molar-refractivity contribution in [3.8, 4) is 17.2 Å². The minimum Gasteiger partial charge on any atom is -0.495 e. The molecule has 6 aliphatic heterocycles. The minimum atomic E-state index is -1.07. The average Bonchev–Trinajstić information content (AvgIpc) is 1.71. The zero-order chi connectivity index (χ0) is 97.5. The van der Waals surface area contributed by atoms with E-state index in [4.69, 9.17) is 57.7 Å². The summed E-state index contributed by atoms with van der Waals surface area (Å²) in [5.41, 5.74) is 4.97. The van der Waals surface area contributed by atoms with Crippen LogP contribution in [0.4, 0.5) is 46.0 Å². The summed E-state index contributed by atoms with van der Waals surface area (Å²) in [5.74, 6) is -2.41. The van der Waals surface area contributed by atoms with E-state index in [1.54, 1.807) is 80.4 Å². The number of nitrogens with zero attached hydrogens (tertiary/aromatic N) is 8. The van der Waals surface area contributed by atoms with Crippen molar-refractivity contribution in [3.63, 3.8) is 0 Å². The number of rotatable bonds is 43. The number of nitrogens with one attached hydrogen (secondary N) is 7. The van der Waals surface area contributed by atoms with Crippen LogP contribution in [0.25, 0.3) is 0 Å². The lowest BCUT2D eigenvalue weighted by Crippen LogP contribution is -2.54. The van der Waals surface area contributed by atoms with Crippen LogP contribution in [0.5, 0.6) is 17.2 Å². The Bertz CT molecular complexity index is 5280. The molecular formula is C98H131N15O25. The number of aryl methyl sites for hydroxylation is 1. The number of benzene rings is 4. The molecule has 748 valence electrons. The Kier molecular flexibility index (Phi) is 42.1. The molecule has 40 nitrogen and oxygen atoms in total. The maximum Gasteiger partial charge on any atom is 0.335 e. The van der Waals surface area contributed by atoms with Crippen molar-refractivity contribution in [1.29, 1.82) is 0 Å². The number of amides is 13. The summed E-state index contributed by atoms with van der Waals surface area (Å²) in [4.78, 5) is 190. The van der Waals surface area contributed by atoms with Gasteiger partial charge in [-0.2, -0.15) is 0 Å². The Balaban J connectivity index is 0.000000213. The van der Waals surface area contributed by atoms with Crippen LogP contribution in [0.1, 0.15) is 212 Å². The number of carbonyl (C=O) groups excluding carboxylic acids is 13. The lowest BCUT2D eigenvalue weighted by molar-refractivity contribution is -0.137. The molecule has 4 aromatic carbocycles. The number of imide groups is 4. The number of aliphatic hydroxyl groups is 1. The van der Waals surface area contributed by atoms with Gasteiger partial charge in [-0.05, 0) is 169 Å². The molecule has 14 rings (SSSR count). The summed E-state index contributed by atoms with van der Waals surface area (Å²) in [7, 11) is 6.64. The number of carbonyl (C=O) groups is 14. The highest BCUT2D eigenvalue weighted by molar-refractivity contribution is 6.25. The van der Waals surface area contributed by atoms with Crippen molar-refractivity contribution in [1.82, 2.24) is 46.4 Å². The predicted molar refractivity (Wildman–Crippen MR) is 512 cm³/mol. The molecule has 2 saturated carbocycles. The predicted octanol–water partition coefficient (Wildman–Crippen LogP) is 8.75. The molecule has 13 amide bonds. The van der Waals surface area contributed by atoms with Crippen molar-refractivity contribution in [3.05, 3.63) is 136 Å². The standard InChI is InChI=1S/C34H50N6O8.C26H35N3O9.C22H26N4O4.C14H12N2O4.2CH4/c1-24-34(44)39(2)28-12-13-30(38-32(28)40(24)26-8-4-5-9-26)37-27-11-10-25(22-29(27)45-3)33(43)36-15-7-17-47-19-21-48-20-18-46-16-6-14-35-31(42)23-41;1-2-3-11-35-13-15-37-16-14-36-12-5-10-27-22(31)17-38-20-7-4-6-18-23(20)26(34)29(25(18)33)19-8-9-21(30)28-24(19)32;1-13-21(27)25(2)17-10-11-19(24-20(17)26(13)15-6-4-5-7-15)23-16-9-8-14(22(28)29)12-18(16)30-3;1-7-3-2-4-8-11(7)14(20)16(13(8)19)9-5-6-10(17)15-12(9)18;;/h10-13,22,24,26,41H,4-9,14-21,23H2,1-3H3,(H,35,42)(H,36,43)(H,37,38);4,6-7,19H,2-3,5,8-17H2,1H3,(H,27,31)(H,28,30,32);8-13,15H,4-7H2,1-3H3,(H,23,24)(H,28,29);2-4,9H,5-6H2,1H3,(H,15,17,18);2*1H4/t24-;;13-;;;/m1.0.../s1. The molecule has 0 bridgehead atoms. The number of hydrogen-bond donors (Lipinski definition) is 9. The number of unbranched alkanes of at least 4 members (excludes halogenated alkanes) is 1. The molecule has 2 aliphatic carbocycles. The normalized spacial score (nSPS) is 17.6. The third-order valence-corrected chi connectivity index (χ3v) is 24.1. The van der Waals surface area contributed by atoms with E-state index in [9.17, 15) is 72.2 Å². The Labute approximate surface area is 803 Å². The number of ether oxygens (including phenoxy) is 9. The van der Waals surface area contributed by atoms with Crippen LogP contribution in [0.2, 0.25) is 0 Å². The molecule has 8 aliphatic rings. The summed E-state index contributed by atoms with van der Waals surface area (Å²) >= 11 is 0. The Hall–Kier alpha value is -13.1. The molecule has 9 N–H and O–H groups in total. The number of anilines is 8. The maximum atomic E-state index is 13.0. The number of carboxylic acid groups (broad SMARTS) is 1. The van der Waals surface area contributed by atoms with E-state index in [0.717, 1.165) is 104 Å². The number of pyridine rings is 2. The van der Waals surface area contributed by atoms with Crippen molar-refractivity contribution in [2.75, 3.05) is 171 Å². The fraction of sp³-hybridized carbons (Fsp3) is 0.510. The molecular weight excluding hydrogens is 1790 g/mol. The number of hydrogen-bond acceptors (Lipinski definition) is 30. The van der Waals surface area contributed by atoms with Crippen molar-refractivity contribution < 1.29 is 120 Å². The first-order valence-corrected chi connectivity index (χ1v) is 46.1. The van der Waals surface area contributed by atoms with Crippen molar-refractivity contribution >= 4 is 129 Å². The topological polar surface area (TPSA) is 492 Å². The van der Waals surface area contributed by atoms with Crippen LogP contribution in [-0.2, 0) is 66.8 Å². The smallest absolute Gasteiger partial charge is 0.335 e. The number of methoxy groups -OCH3 is 2. The van der Waals surface area contributed by atoms with E-state index >= 15 is 0 Å². The third-order valence-electron chi connectivity index (χ3n) is 24.1. The molecule has 2 unspecified atom stereocenters. The van der Waals surface area contributed by atoms with Crippen molar-refractivity contribution in [2.45, 2.75) is 188 Å². The lowest BCUT2D eigenvalue weighted by atomic mass is 10.0. The fourth-order valence-corrected chi connectivity index (χ4v) is 17.0. The largest absolute Gasteiger partial charge is 0.495 e. The van der Waals surface area contributed by atoms with E-state index in [0.29, 0.717) is 180 Å². The first kappa shape index (κ1) is 109. The van der Waals surface area contributed by atoms with Crippen LogP contribution in [0.15, 0.2) is 97.1 Å². The monoisotopic (exact) mass is 1920 g/mol. The lowest BCUT2D eigenvalue weighted by Gasteiger charge is -2.42. The molecule has 8 heterocycles. The Morgan fingerprint density at radius 1 is 0.471 bits per heavy atom. The summed E-state index contributed by atoms with van der Waals surface area (Å²) < 4.78 is 49.3. The zero-order valence-electron chi connectivity index (χ0n) is 78.1. The number of aliphatic hydroxyl groups excluding tert-OH is 1.